The fraction of sp³-hybridized carbons (Fsp3) is 0.364. The van der Waals surface area contributed by atoms with Crippen molar-refractivity contribution in [1.82, 2.24) is 10.2 Å². The molecule has 30 heavy (non-hydrogen) atoms. The third kappa shape index (κ3) is 5.25. The van der Waals surface area contributed by atoms with E-state index in [4.69, 9.17) is 4.74 Å². The molecule has 2 aromatic carbocycles. The van der Waals surface area contributed by atoms with Crippen molar-refractivity contribution in [1.29, 1.82) is 0 Å². The lowest BCUT2D eigenvalue weighted by molar-refractivity contribution is -0.142. The number of alkyl halides is 2. The van der Waals surface area contributed by atoms with Gasteiger partial charge in [-0.15, -0.1) is 0 Å². The van der Waals surface area contributed by atoms with Crippen LogP contribution in [0, 0.1) is 0 Å². The monoisotopic (exact) mass is 418 g/mol. The second-order valence-electron chi connectivity index (χ2n) is 6.94. The van der Waals surface area contributed by atoms with Crippen LogP contribution in [0.3, 0.4) is 0 Å². The standard InChI is InChI=1S/C22H24F2N2O4/c1-29-17-11-10-15(13-18(17)30-22(23)24)14-25-21(28)20(16-7-3-2-4-8-16)26-12-6-5-9-19(26)27/h2-4,7-8,10-11,13,20,22H,5-6,9,12,14H2,1H3,(H,25,28). The fourth-order valence-corrected chi connectivity index (χ4v) is 3.51. The first-order chi connectivity index (χ1) is 14.5. The maximum Gasteiger partial charge on any atom is 0.387 e. The molecule has 160 valence electrons. The van der Waals surface area contributed by atoms with Gasteiger partial charge in [0.2, 0.25) is 11.8 Å². The van der Waals surface area contributed by atoms with Crippen LogP contribution in [-0.4, -0.2) is 37.0 Å². The number of hydrogen-bond acceptors (Lipinski definition) is 4. The largest absolute Gasteiger partial charge is 0.493 e. The Morgan fingerprint density at radius 2 is 1.90 bits per heavy atom. The SMILES string of the molecule is COc1ccc(CNC(=O)C(c2ccccc2)N2CCCCC2=O)cc1OC(F)F. The van der Waals surface area contributed by atoms with Gasteiger partial charge in [0.25, 0.3) is 0 Å². The minimum Gasteiger partial charge on any atom is -0.493 e. The molecule has 0 bridgehead atoms. The molecule has 1 unspecified atom stereocenters. The van der Waals surface area contributed by atoms with E-state index in [0.29, 0.717) is 18.5 Å². The molecule has 6 nitrogen and oxygen atoms in total. The molecule has 8 heteroatoms. The van der Waals surface area contributed by atoms with Gasteiger partial charge in [-0.1, -0.05) is 36.4 Å². The van der Waals surface area contributed by atoms with Crippen molar-refractivity contribution in [3.05, 3.63) is 59.7 Å². The zero-order valence-electron chi connectivity index (χ0n) is 16.6. The molecule has 1 aliphatic rings. The number of nitrogens with one attached hydrogen (secondary N) is 1. The number of carbonyl (C=O) groups is 2. The number of benzene rings is 2. The van der Waals surface area contributed by atoms with Crippen molar-refractivity contribution < 1.29 is 27.8 Å². The second kappa shape index (κ2) is 10.0. The highest BCUT2D eigenvalue weighted by atomic mass is 19.3. The van der Waals surface area contributed by atoms with Crippen LogP contribution in [0.4, 0.5) is 8.78 Å². The van der Waals surface area contributed by atoms with E-state index < -0.39 is 12.7 Å². The van der Waals surface area contributed by atoms with Crippen LogP contribution in [-0.2, 0) is 16.1 Å². The summed E-state index contributed by atoms with van der Waals surface area (Å²) in [5, 5.41) is 2.82. The van der Waals surface area contributed by atoms with E-state index in [1.165, 1.54) is 19.2 Å². The Bertz CT molecular complexity index is 877. The Morgan fingerprint density at radius 3 is 2.57 bits per heavy atom. The van der Waals surface area contributed by atoms with Crippen molar-refractivity contribution in [2.24, 2.45) is 0 Å². The Balaban J connectivity index is 1.77. The van der Waals surface area contributed by atoms with Crippen LogP contribution in [0.1, 0.15) is 36.4 Å². The Hall–Kier alpha value is -3.16. The quantitative estimate of drug-likeness (QED) is 0.710. The summed E-state index contributed by atoms with van der Waals surface area (Å²) >= 11 is 0. The van der Waals surface area contributed by atoms with Crippen LogP contribution in [0.2, 0.25) is 0 Å². The number of carbonyl (C=O) groups excluding carboxylic acids is 2. The Kier molecular flexibility index (Phi) is 7.21. The number of hydrogen-bond donors (Lipinski definition) is 1. The zero-order chi connectivity index (χ0) is 21.5. The van der Waals surface area contributed by atoms with Gasteiger partial charge in [-0.3, -0.25) is 9.59 Å². The molecule has 1 heterocycles. The van der Waals surface area contributed by atoms with Crippen molar-refractivity contribution in [2.75, 3.05) is 13.7 Å². The topological polar surface area (TPSA) is 67.9 Å². The molecule has 0 saturated carbocycles. The van der Waals surface area contributed by atoms with Crippen molar-refractivity contribution in [2.45, 2.75) is 38.5 Å². The number of halogens is 2. The maximum atomic E-state index is 13.1. The first-order valence-electron chi connectivity index (χ1n) is 9.73. The van der Waals surface area contributed by atoms with Crippen LogP contribution < -0.4 is 14.8 Å². The predicted molar refractivity (Wildman–Crippen MR) is 106 cm³/mol. The molecule has 2 amide bonds. The van der Waals surface area contributed by atoms with Crippen molar-refractivity contribution in [3.8, 4) is 11.5 Å². The lowest BCUT2D eigenvalue weighted by atomic mass is 10.0. The summed E-state index contributed by atoms with van der Waals surface area (Å²) in [7, 11) is 1.36. The molecule has 3 rings (SSSR count). The summed E-state index contributed by atoms with van der Waals surface area (Å²) in [6.07, 6.45) is 2.08. The van der Waals surface area contributed by atoms with E-state index in [2.05, 4.69) is 10.1 Å². The van der Waals surface area contributed by atoms with E-state index >= 15 is 0 Å². The molecule has 1 N–H and O–H groups in total. The summed E-state index contributed by atoms with van der Waals surface area (Å²) in [5.41, 5.74) is 1.29. The average Bonchev–Trinajstić information content (AvgIpc) is 2.74. The molecule has 1 atom stereocenters. The average molecular weight is 418 g/mol. The number of methoxy groups -OCH3 is 1. The number of rotatable bonds is 8. The smallest absolute Gasteiger partial charge is 0.387 e. The van der Waals surface area contributed by atoms with E-state index in [9.17, 15) is 18.4 Å². The number of nitrogens with zero attached hydrogens (tertiary/aromatic N) is 1. The summed E-state index contributed by atoms with van der Waals surface area (Å²) in [5.74, 6) is -0.317. The van der Waals surface area contributed by atoms with Gasteiger partial charge in [0, 0.05) is 19.5 Å². The van der Waals surface area contributed by atoms with Gasteiger partial charge in [0.1, 0.15) is 6.04 Å². The highest BCUT2D eigenvalue weighted by Gasteiger charge is 2.32. The molecule has 1 fully saturated rings. The summed E-state index contributed by atoms with van der Waals surface area (Å²) in [6.45, 7) is -2.38. The lowest BCUT2D eigenvalue weighted by Crippen LogP contribution is -2.45. The molecular weight excluding hydrogens is 394 g/mol. The minimum absolute atomic E-state index is 0.0534. The lowest BCUT2D eigenvalue weighted by Gasteiger charge is -2.34. The highest BCUT2D eigenvalue weighted by molar-refractivity contribution is 5.89. The molecule has 0 aromatic heterocycles. The second-order valence-corrected chi connectivity index (χ2v) is 6.94. The van der Waals surface area contributed by atoms with Crippen LogP contribution >= 0.6 is 0 Å². The fourth-order valence-electron chi connectivity index (χ4n) is 3.51. The van der Waals surface area contributed by atoms with Crippen molar-refractivity contribution in [3.63, 3.8) is 0 Å². The number of ether oxygens (including phenoxy) is 2. The Labute approximate surface area is 173 Å². The predicted octanol–water partition coefficient (Wildman–Crippen LogP) is 3.67. The molecule has 0 spiro atoms. The molecule has 0 radical (unpaired) electrons. The minimum atomic E-state index is -2.99. The first kappa shape index (κ1) is 21.5. The molecule has 2 aromatic rings. The normalized spacial score (nSPS) is 15.1. The van der Waals surface area contributed by atoms with Gasteiger partial charge >= 0.3 is 6.61 Å². The van der Waals surface area contributed by atoms with Gasteiger partial charge in [-0.25, -0.2) is 0 Å². The van der Waals surface area contributed by atoms with Crippen LogP contribution in [0.15, 0.2) is 48.5 Å². The Morgan fingerprint density at radius 1 is 1.13 bits per heavy atom. The van der Waals surface area contributed by atoms with Gasteiger partial charge in [-0.05, 0) is 36.1 Å². The van der Waals surface area contributed by atoms with Crippen molar-refractivity contribution >= 4 is 11.8 Å². The van der Waals surface area contributed by atoms with E-state index in [1.54, 1.807) is 11.0 Å². The molecule has 0 aliphatic carbocycles. The third-order valence-corrected chi connectivity index (χ3v) is 4.95. The molecule has 1 aliphatic heterocycles. The molecular formula is C22H24F2N2O4. The maximum absolute atomic E-state index is 13.1. The number of likely N-dealkylation sites (tertiary alicyclic amines) is 1. The zero-order valence-corrected chi connectivity index (χ0v) is 16.6. The van der Waals surface area contributed by atoms with Crippen LogP contribution in [0.25, 0.3) is 0 Å². The van der Waals surface area contributed by atoms with E-state index in [0.717, 1.165) is 18.4 Å². The summed E-state index contributed by atoms with van der Waals surface area (Å²) in [6, 6.07) is 12.9. The first-order valence-corrected chi connectivity index (χ1v) is 9.73. The van der Waals surface area contributed by atoms with Gasteiger partial charge in [-0.2, -0.15) is 8.78 Å². The van der Waals surface area contributed by atoms with E-state index in [-0.39, 0.29) is 29.9 Å². The van der Waals surface area contributed by atoms with E-state index in [1.807, 2.05) is 30.3 Å². The molecule has 1 saturated heterocycles. The van der Waals surface area contributed by atoms with Gasteiger partial charge in [0.05, 0.1) is 7.11 Å². The number of amides is 2. The van der Waals surface area contributed by atoms with Crippen LogP contribution in [0.5, 0.6) is 11.5 Å². The van der Waals surface area contributed by atoms with Gasteiger partial charge < -0.3 is 19.7 Å². The summed E-state index contributed by atoms with van der Waals surface area (Å²) < 4.78 is 34.8. The van der Waals surface area contributed by atoms with Gasteiger partial charge in [0.15, 0.2) is 11.5 Å². The highest BCUT2D eigenvalue weighted by Crippen LogP contribution is 2.30. The third-order valence-electron chi connectivity index (χ3n) is 4.95. The number of piperidine rings is 1. The summed E-state index contributed by atoms with van der Waals surface area (Å²) in [4.78, 5) is 27.1.